The van der Waals surface area contributed by atoms with Crippen molar-refractivity contribution < 1.29 is 9.90 Å². The fourth-order valence-corrected chi connectivity index (χ4v) is 4.08. The van der Waals surface area contributed by atoms with Gasteiger partial charge in [-0.15, -0.1) is 11.3 Å². The molecule has 1 saturated heterocycles. The fraction of sp³-hybridized carbons (Fsp3) is 0.529. The number of likely N-dealkylation sites (tertiary alicyclic amines) is 1. The maximum Gasteiger partial charge on any atom is 0.227 e. The van der Waals surface area contributed by atoms with E-state index in [0.29, 0.717) is 12.8 Å². The van der Waals surface area contributed by atoms with Crippen molar-refractivity contribution in [1.82, 2.24) is 15.1 Å². The molecule has 1 amide bonds. The van der Waals surface area contributed by atoms with Gasteiger partial charge in [0.1, 0.15) is 0 Å². The molecule has 5 nitrogen and oxygen atoms in total. The lowest BCUT2D eigenvalue weighted by Gasteiger charge is -2.26. The highest BCUT2D eigenvalue weighted by Gasteiger charge is 2.31. The van der Waals surface area contributed by atoms with Crippen LogP contribution in [-0.4, -0.2) is 38.7 Å². The molecule has 3 rings (SSSR count). The van der Waals surface area contributed by atoms with Crippen LogP contribution >= 0.6 is 11.3 Å². The van der Waals surface area contributed by atoms with Crippen LogP contribution in [0.5, 0.6) is 0 Å². The van der Waals surface area contributed by atoms with E-state index >= 15 is 0 Å². The van der Waals surface area contributed by atoms with E-state index in [1.165, 1.54) is 0 Å². The highest BCUT2D eigenvalue weighted by Crippen LogP contribution is 2.30. The van der Waals surface area contributed by atoms with Crippen molar-refractivity contribution in [2.45, 2.75) is 51.7 Å². The van der Waals surface area contributed by atoms with E-state index in [2.05, 4.69) is 10.2 Å². The number of aliphatic hydroxyl groups excluding tert-OH is 1. The zero-order chi connectivity index (χ0) is 16.4. The maximum absolute atomic E-state index is 12.7. The predicted octanol–water partition coefficient (Wildman–Crippen LogP) is 2.75. The number of amides is 1. The normalized spacial score (nSPS) is 19.3. The van der Waals surface area contributed by atoms with Crippen molar-refractivity contribution in [3.05, 3.63) is 39.3 Å². The number of carbonyl (C=O) groups is 1. The second kappa shape index (κ2) is 6.84. The lowest BCUT2D eigenvalue weighted by molar-refractivity contribution is -0.131. The van der Waals surface area contributed by atoms with Crippen LogP contribution in [0.25, 0.3) is 0 Å². The molecular weight excluding hydrogens is 310 g/mol. The maximum atomic E-state index is 12.7. The van der Waals surface area contributed by atoms with Gasteiger partial charge < -0.3 is 10.0 Å². The first-order valence-electron chi connectivity index (χ1n) is 8.07. The van der Waals surface area contributed by atoms with E-state index in [0.717, 1.165) is 41.2 Å². The summed E-state index contributed by atoms with van der Waals surface area (Å²) in [6.45, 7) is 4.66. The van der Waals surface area contributed by atoms with Gasteiger partial charge in [0.05, 0.1) is 18.2 Å². The van der Waals surface area contributed by atoms with Gasteiger partial charge in [-0.25, -0.2) is 0 Å². The van der Waals surface area contributed by atoms with E-state index in [9.17, 15) is 9.90 Å². The average Bonchev–Trinajstić information content (AvgIpc) is 3.25. The summed E-state index contributed by atoms with van der Waals surface area (Å²) in [7, 11) is 0. The lowest BCUT2D eigenvalue weighted by Crippen LogP contribution is -2.37. The molecular formula is C17H23N3O2S. The van der Waals surface area contributed by atoms with Crippen molar-refractivity contribution in [3.63, 3.8) is 0 Å². The van der Waals surface area contributed by atoms with Crippen LogP contribution in [0, 0.1) is 13.8 Å². The minimum atomic E-state index is -0.481. The third-order valence-electron chi connectivity index (χ3n) is 4.67. The molecule has 0 radical (unpaired) electrons. The molecule has 3 heterocycles. The number of hydrogen-bond donors (Lipinski definition) is 2. The van der Waals surface area contributed by atoms with E-state index < -0.39 is 6.10 Å². The second-order valence-corrected chi connectivity index (χ2v) is 7.22. The highest BCUT2D eigenvalue weighted by atomic mass is 32.1. The first-order chi connectivity index (χ1) is 11.1. The van der Waals surface area contributed by atoms with Crippen LogP contribution in [0.15, 0.2) is 17.5 Å². The Kier molecular flexibility index (Phi) is 4.82. The Labute approximate surface area is 140 Å². The van der Waals surface area contributed by atoms with Gasteiger partial charge in [-0.05, 0) is 44.6 Å². The summed E-state index contributed by atoms with van der Waals surface area (Å²) in [4.78, 5) is 15.6. The Morgan fingerprint density at radius 2 is 2.39 bits per heavy atom. The Morgan fingerprint density at radius 3 is 3.04 bits per heavy atom. The number of hydrogen-bond acceptors (Lipinski definition) is 4. The van der Waals surface area contributed by atoms with Crippen LogP contribution in [0.3, 0.4) is 0 Å². The predicted molar refractivity (Wildman–Crippen MR) is 90.4 cm³/mol. The van der Waals surface area contributed by atoms with Crippen molar-refractivity contribution >= 4 is 17.2 Å². The summed E-state index contributed by atoms with van der Waals surface area (Å²) in [6, 6.07) is 4.03. The Bertz CT molecular complexity index is 646. The van der Waals surface area contributed by atoms with Crippen molar-refractivity contribution in [3.8, 4) is 0 Å². The SMILES string of the molecule is Cc1n[nH]c(C)c1CC(=O)N1CCC[C@@H]1C[C@H](O)c1cccs1. The Balaban J connectivity index is 1.65. The summed E-state index contributed by atoms with van der Waals surface area (Å²) in [5, 5.41) is 19.4. The van der Waals surface area contributed by atoms with E-state index in [1.807, 2.05) is 36.3 Å². The first-order valence-corrected chi connectivity index (χ1v) is 8.95. The minimum absolute atomic E-state index is 0.132. The summed E-state index contributed by atoms with van der Waals surface area (Å²) >= 11 is 1.57. The molecule has 23 heavy (non-hydrogen) atoms. The fourth-order valence-electron chi connectivity index (χ4n) is 3.35. The number of H-pyrrole nitrogens is 1. The Morgan fingerprint density at radius 1 is 1.57 bits per heavy atom. The number of aliphatic hydroxyl groups is 1. The molecule has 0 aromatic carbocycles. The van der Waals surface area contributed by atoms with Gasteiger partial charge in [0.25, 0.3) is 0 Å². The quantitative estimate of drug-likeness (QED) is 0.884. The molecule has 1 aliphatic rings. The summed E-state index contributed by atoms with van der Waals surface area (Å²) in [5.41, 5.74) is 2.86. The van der Waals surface area contributed by atoms with Gasteiger partial charge in [-0.3, -0.25) is 9.89 Å². The molecule has 0 aliphatic carbocycles. The minimum Gasteiger partial charge on any atom is -0.387 e. The van der Waals surface area contributed by atoms with Gasteiger partial charge in [0, 0.05) is 28.7 Å². The largest absolute Gasteiger partial charge is 0.387 e. The molecule has 0 unspecified atom stereocenters. The summed E-state index contributed by atoms with van der Waals surface area (Å²) in [6.07, 6.45) is 2.51. The van der Waals surface area contributed by atoms with Crippen molar-refractivity contribution in [2.24, 2.45) is 0 Å². The number of rotatable bonds is 5. The molecule has 124 valence electrons. The van der Waals surface area contributed by atoms with Crippen LogP contribution in [0.4, 0.5) is 0 Å². The van der Waals surface area contributed by atoms with Crippen molar-refractivity contribution in [2.75, 3.05) is 6.54 Å². The smallest absolute Gasteiger partial charge is 0.227 e. The highest BCUT2D eigenvalue weighted by molar-refractivity contribution is 7.10. The second-order valence-electron chi connectivity index (χ2n) is 6.24. The van der Waals surface area contributed by atoms with Crippen LogP contribution in [0.1, 0.15) is 47.2 Å². The molecule has 2 atom stereocenters. The Hall–Kier alpha value is -1.66. The third kappa shape index (κ3) is 3.48. The standard InChI is InChI=1S/C17H23N3O2S/c1-11-14(12(2)19-18-11)10-17(22)20-7-3-5-13(20)9-15(21)16-6-4-8-23-16/h4,6,8,13,15,21H,3,5,7,9-10H2,1-2H3,(H,18,19)/t13-,15+/m1/s1. The first kappa shape index (κ1) is 16.2. The third-order valence-corrected chi connectivity index (χ3v) is 5.65. The number of aromatic amines is 1. The zero-order valence-electron chi connectivity index (χ0n) is 13.6. The molecule has 0 spiro atoms. The number of nitrogens with zero attached hydrogens (tertiary/aromatic N) is 2. The van der Waals surface area contributed by atoms with Gasteiger partial charge >= 0.3 is 0 Å². The number of carbonyl (C=O) groups excluding carboxylic acids is 1. The number of aryl methyl sites for hydroxylation is 2. The van der Waals surface area contributed by atoms with Gasteiger partial charge in [0.15, 0.2) is 0 Å². The molecule has 6 heteroatoms. The molecule has 2 aromatic heterocycles. The van der Waals surface area contributed by atoms with Crippen LogP contribution < -0.4 is 0 Å². The average molecular weight is 333 g/mol. The molecule has 2 aromatic rings. The van der Waals surface area contributed by atoms with Gasteiger partial charge in [-0.2, -0.15) is 5.10 Å². The van der Waals surface area contributed by atoms with E-state index in [4.69, 9.17) is 0 Å². The topological polar surface area (TPSA) is 69.2 Å². The van der Waals surface area contributed by atoms with Crippen LogP contribution in [0.2, 0.25) is 0 Å². The molecule has 0 bridgehead atoms. The van der Waals surface area contributed by atoms with E-state index in [1.54, 1.807) is 11.3 Å². The molecule has 1 fully saturated rings. The van der Waals surface area contributed by atoms with Gasteiger partial charge in [-0.1, -0.05) is 6.07 Å². The monoisotopic (exact) mass is 333 g/mol. The van der Waals surface area contributed by atoms with Crippen LogP contribution in [-0.2, 0) is 11.2 Å². The van der Waals surface area contributed by atoms with Crippen molar-refractivity contribution in [1.29, 1.82) is 0 Å². The summed E-state index contributed by atoms with van der Waals surface area (Å²) in [5.74, 6) is 0.137. The number of thiophene rings is 1. The number of nitrogens with one attached hydrogen (secondary N) is 1. The molecule has 0 saturated carbocycles. The molecule has 1 aliphatic heterocycles. The lowest BCUT2D eigenvalue weighted by atomic mass is 10.0. The van der Waals surface area contributed by atoms with E-state index in [-0.39, 0.29) is 11.9 Å². The van der Waals surface area contributed by atoms with Gasteiger partial charge in [0.2, 0.25) is 5.91 Å². The zero-order valence-corrected chi connectivity index (χ0v) is 14.4. The molecule has 2 N–H and O–H groups in total. The number of aromatic nitrogens is 2. The summed E-state index contributed by atoms with van der Waals surface area (Å²) < 4.78 is 0.